The SMILES string of the molecule is c1ccc(C2(c3ccccn3)c3ccccc3-c3c2ccc2c4ccccc4n(-c4ccc(-c5ccc(-n6c7ccncc7c7ncccc76)cc5)cc4)c32)nc1. The van der Waals surface area contributed by atoms with Gasteiger partial charge in [0.25, 0.3) is 0 Å². The molecule has 57 heavy (non-hydrogen) atoms. The van der Waals surface area contributed by atoms with Crippen LogP contribution in [0.5, 0.6) is 0 Å². The molecule has 266 valence electrons. The van der Waals surface area contributed by atoms with E-state index >= 15 is 0 Å². The molecule has 6 aromatic heterocycles. The van der Waals surface area contributed by atoms with Crippen LogP contribution in [-0.2, 0) is 5.41 Å². The summed E-state index contributed by atoms with van der Waals surface area (Å²) in [5, 5.41) is 3.48. The van der Waals surface area contributed by atoms with Gasteiger partial charge in [0.2, 0.25) is 0 Å². The van der Waals surface area contributed by atoms with Crippen molar-refractivity contribution < 1.29 is 0 Å². The molecular formula is C51H32N6. The normalized spacial score (nSPS) is 13.1. The first kappa shape index (κ1) is 31.6. The highest BCUT2D eigenvalue weighted by Gasteiger charge is 2.49. The molecule has 11 aromatic rings. The number of rotatable bonds is 5. The van der Waals surface area contributed by atoms with Gasteiger partial charge in [-0.05, 0) is 101 Å². The Morgan fingerprint density at radius 1 is 0.404 bits per heavy atom. The van der Waals surface area contributed by atoms with Gasteiger partial charge in [0.1, 0.15) is 5.41 Å². The van der Waals surface area contributed by atoms with Crippen LogP contribution in [0.3, 0.4) is 0 Å². The second-order valence-electron chi connectivity index (χ2n) is 14.7. The first-order valence-electron chi connectivity index (χ1n) is 19.2. The second-order valence-corrected chi connectivity index (χ2v) is 14.7. The molecule has 6 nitrogen and oxygen atoms in total. The van der Waals surface area contributed by atoms with Gasteiger partial charge in [-0.15, -0.1) is 0 Å². The minimum Gasteiger partial charge on any atom is -0.309 e. The Labute approximate surface area is 328 Å². The van der Waals surface area contributed by atoms with E-state index in [1.807, 2.05) is 49.2 Å². The van der Waals surface area contributed by atoms with Crippen molar-refractivity contribution in [2.45, 2.75) is 5.41 Å². The third-order valence-corrected chi connectivity index (χ3v) is 11.8. The zero-order valence-electron chi connectivity index (χ0n) is 30.7. The molecule has 0 saturated carbocycles. The van der Waals surface area contributed by atoms with E-state index in [9.17, 15) is 0 Å². The van der Waals surface area contributed by atoms with Gasteiger partial charge in [-0.25, -0.2) is 0 Å². The molecule has 1 aliphatic rings. The van der Waals surface area contributed by atoms with Crippen molar-refractivity contribution in [3.05, 3.63) is 217 Å². The van der Waals surface area contributed by atoms with E-state index in [0.717, 1.165) is 55.8 Å². The minimum absolute atomic E-state index is 0.688. The van der Waals surface area contributed by atoms with E-state index in [4.69, 9.17) is 9.97 Å². The summed E-state index contributed by atoms with van der Waals surface area (Å²) < 4.78 is 4.71. The van der Waals surface area contributed by atoms with Crippen molar-refractivity contribution in [3.63, 3.8) is 0 Å². The van der Waals surface area contributed by atoms with Crippen LogP contribution in [0.1, 0.15) is 22.5 Å². The Kier molecular flexibility index (Phi) is 6.74. The highest BCUT2D eigenvalue weighted by molar-refractivity contribution is 6.16. The summed E-state index contributed by atoms with van der Waals surface area (Å²) in [4.78, 5) is 19.1. The predicted octanol–water partition coefficient (Wildman–Crippen LogP) is 11.5. The molecule has 5 aromatic carbocycles. The van der Waals surface area contributed by atoms with E-state index in [0.29, 0.717) is 0 Å². The second kappa shape index (κ2) is 12.2. The fraction of sp³-hybridized carbons (Fsp3) is 0.0196. The van der Waals surface area contributed by atoms with Crippen molar-refractivity contribution in [2.75, 3.05) is 0 Å². The van der Waals surface area contributed by atoms with Crippen molar-refractivity contribution in [3.8, 4) is 33.6 Å². The summed E-state index contributed by atoms with van der Waals surface area (Å²) in [5.41, 5.74) is 16.0. The van der Waals surface area contributed by atoms with Gasteiger partial charge in [0.05, 0.1) is 39.0 Å². The van der Waals surface area contributed by atoms with Gasteiger partial charge in [0.15, 0.2) is 0 Å². The molecule has 1 aliphatic carbocycles. The first-order chi connectivity index (χ1) is 28.3. The Morgan fingerprint density at radius 2 is 1.04 bits per heavy atom. The van der Waals surface area contributed by atoms with Gasteiger partial charge >= 0.3 is 0 Å². The molecule has 0 spiro atoms. The standard InChI is InChI=1S/C51H32N6/c1-3-12-41-39(11-1)48-42(51(41,46-15-5-7-28-53-46)47-16-6-8-29-54-47)26-25-38-37-10-2-4-13-43(37)57(50(38)48)36-23-19-34(20-24-36)33-17-21-35(22-18-33)56-44-27-31-52-32-40(44)49-45(56)14-9-30-55-49/h1-32H. The van der Waals surface area contributed by atoms with Gasteiger partial charge in [-0.3, -0.25) is 19.9 Å². The number of hydrogen-bond acceptors (Lipinski definition) is 4. The van der Waals surface area contributed by atoms with Crippen LogP contribution in [0.2, 0.25) is 0 Å². The van der Waals surface area contributed by atoms with Crippen LogP contribution in [0.15, 0.2) is 195 Å². The molecule has 12 rings (SSSR count). The lowest BCUT2D eigenvalue weighted by Gasteiger charge is -2.31. The molecule has 0 fully saturated rings. The van der Waals surface area contributed by atoms with E-state index in [1.54, 1.807) is 0 Å². The molecule has 6 heterocycles. The Hall–Kier alpha value is -7.70. The minimum atomic E-state index is -0.688. The lowest BCUT2D eigenvalue weighted by atomic mass is 9.72. The van der Waals surface area contributed by atoms with Crippen LogP contribution in [0, 0.1) is 0 Å². The summed E-state index contributed by atoms with van der Waals surface area (Å²) in [6.07, 6.45) is 9.37. The number of para-hydroxylation sites is 1. The smallest absolute Gasteiger partial charge is 0.106 e. The fourth-order valence-corrected chi connectivity index (χ4v) is 9.50. The van der Waals surface area contributed by atoms with Crippen LogP contribution in [-0.4, -0.2) is 29.1 Å². The summed E-state index contributed by atoms with van der Waals surface area (Å²) >= 11 is 0. The summed E-state index contributed by atoms with van der Waals surface area (Å²) in [6, 6.07) is 58.6. The average Bonchev–Trinajstić information content (AvgIpc) is 3.92. The lowest BCUT2D eigenvalue weighted by Crippen LogP contribution is -2.30. The number of benzene rings is 5. The average molecular weight is 729 g/mol. The largest absolute Gasteiger partial charge is 0.309 e. The molecule has 0 saturated heterocycles. The molecule has 0 amide bonds. The van der Waals surface area contributed by atoms with Crippen LogP contribution in [0.4, 0.5) is 0 Å². The zero-order valence-corrected chi connectivity index (χ0v) is 30.7. The number of aromatic nitrogens is 6. The summed E-state index contributed by atoms with van der Waals surface area (Å²) in [7, 11) is 0. The molecule has 0 bridgehead atoms. The fourth-order valence-electron chi connectivity index (χ4n) is 9.50. The van der Waals surface area contributed by atoms with E-state index in [-0.39, 0.29) is 0 Å². The Balaban J connectivity index is 1.03. The maximum atomic E-state index is 5.04. The van der Waals surface area contributed by atoms with Crippen LogP contribution < -0.4 is 0 Å². The lowest BCUT2D eigenvalue weighted by molar-refractivity contribution is 0.706. The quantitative estimate of drug-likeness (QED) is 0.177. The molecular weight excluding hydrogens is 697 g/mol. The van der Waals surface area contributed by atoms with E-state index < -0.39 is 5.41 Å². The maximum Gasteiger partial charge on any atom is 0.106 e. The van der Waals surface area contributed by atoms with Gasteiger partial charge in [-0.2, -0.15) is 0 Å². The number of hydrogen-bond donors (Lipinski definition) is 0. The first-order valence-corrected chi connectivity index (χ1v) is 19.2. The Bertz CT molecular complexity index is 3240. The monoisotopic (exact) mass is 728 g/mol. The Morgan fingerprint density at radius 3 is 1.77 bits per heavy atom. The van der Waals surface area contributed by atoms with Crippen LogP contribution >= 0.6 is 0 Å². The number of fused-ring (bicyclic) bond motifs is 10. The molecule has 0 atom stereocenters. The van der Waals surface area contributed by atoms with E-state index in [1.165, 1.54) is 44.1 Å². The summed E-state index contributed by atoms with van der Waals surface area (Å²) in [5.74, 6) is 0. The highest BCUT2D eigenvalue weighted by Crippen LogP contribution is 2.57. The van der Waals surface area contributed by atoms with Crippen molar-refractivity contribution in [1.82, 2.24) is 29.1 Å². The molecule has 0 N–H and O–H groups in total. The van der Waals surface area contributed by atoms with Gasteiger partial charge in [0, 0.05) is 64.1 Å². The molecule has 0 aliphatic heterocycles. The highest BCUT2D eigenvalue weighted by atomic mass is 15.0. The third-order valence-electron chi connectivity index (χ3n) is 11.8. The molecule has 0 radical (unpaired) electrons. The molecule has 6 heteroatoms. The van der Waals surface area contributed by atoms with Crippen molar-refractivity contribution in [2.24, 2.45) is 0 Å². The summed E-state index contributed by atoms with van der Waals surface area (Å²) in [6.45, 7) is 0. The number of pyridine rings is 4. The van der Waals surface area contributed by atoms with Crippen molar-refractivity contribution >= 4 is 43.7 Å². The van der Waals surface area contributed by atoms with Gasteiger partial charge in [-0.1, -0.05) is 91.0 Å². The maximum absolute atomic E-state index is 5.04. The molecule has 0 unspecified atom stereocenters. The third kappa shape index (κ3) is 4.41. The number of nitrogens with zero attached hydrogens (tertiary/aromatic N) is 6. The van der Waals surface area contributed by atoms with E-state index in [2.05, 4.69) is 165 Å². The zero-order chi connectivity index (χ0) is 37.5. The predicted molar refractivity (Wildman–Crippen MR) is 229 cm³/mol. The van der Waals surface area contributed by atoms with Gasteiger partial charge < -0.3 is 9.13 Å². The van der Waals surface area contributed by atoms with Crippen molar-refractivity contribution in [1.29, 1.82) is 0 Å². The topological polar surface area (TPSA) is 61.4 Å². The van der Waals surface area contributed by atoms with Crippen LogP contribution in [0.25, 0.3) is 77.4 Å².